The molecule has 0 radical (unpaired) electrons. The zero-order chi connectivity index (χ0) is 22.4. The standard InChI is InChI=1S/C21H25N5O4S/c1-5-22-20-12-14(2)23-21(25-20)24-15-6-8-16(9-7-15)26-31(27,28)17-10-11-18(29-3)19(13-17)30-4/h6-13,26H,5H2,1-4H3,(H2,22,23,24,25). The van der Waals surface area contributed by atoms with Crippen LogP contribution in [0.25, 0.3) is 0 Å². The van der Waals surface area contributed by atoms with Crippen LogP contribution in [0.4, 0.5) is 23.1 Å². The molecule has 0 spiro atoms. The molecule has 0 saturated carbocycles. The summed E-state index contributed by atoms with van der Waals surface area (Å²) in [5.74, 6) is 1.97. The number of nitrogens with one attached hydrogen (secondary N) is 3. The van der Waals surface area contributed by atoms with Gasteiger partial charge in [0.1, 0.15) is 5.82 Å². The van der Waals surface area contributed by atoms with E-state index in [1.165, 1.54) is 26.4 Å². The molecule has 3 rings (SSSR count). The predicted octanol–water partition coefficient (Wildman–Crippen LogP) is 3.78. The van der Waals surface area contributed by atoms with Crippen molar-refractivity contribution in [3.05, 3.63) is 54.2 Å². The highest BCUT2D eigenvalue weighted by molar-refractivity contribution is 7.92. The SMILES string of the molecule is CCNc1cc(C)nc(Nc2ccc(NS(=O)(=O)c3ccc(OC)c(OC)c3)cc2)n1. The Morgan fingerprint density at radius 2 is 1.58 bits per heavy atom. The van der Waals surface area contributed by atoms with Gasteiger partial charge in [0.15, 0.2) is 11.5 Å². The Bertz CT molecular complexity index is 1150. The van der Waals surface area contributed by atoms with Gasteiger partial charge in [0, 0.05) is 35.7 Å². The molecule has 1 aromatic heterocycles. The molecular weight excluding hydrogens is 418 g/mol. The second-order valence-corrected chi connectivity index (χ2v) is 8.26. The number of nitrogens with zero attached hydrogens (tertiary/aromatic N) is 2. The molecular formula is C21H25N5O4S. The minimum absolute atomic E-state index is 0.0662. The Labute approximate surface area is 181 Å². The van der Waals surface area contributed by atoms with Crippen molar-refractivity contribution in [3.63, 3.8) is 0 Å². The summed E-state index contributed by atoms with van der Waals surface area (Å²) in [6.45, 7) is 4.64. The van der Waals surface area contributed by atoms with Crippen LogP contribution >= 0.6 is 0 Å². The smallest absolute Gasteiger partial charge is 0.262 e. The maximum Gasteiger partial charge on any atom is 0.262 e. The van der Waals surface area contributed by atoms with Crippen molar-refractivity contribution in [2.45, 2.75) is 18.7 Å². The molecule has 3 aromatic rings. The Morgan fingerprint density at radius 3 is 2.23 bits per heavy atom. The number of sulfonamides is 1. The summed E-state index contributed by atoms with van der Waals surface area (Å²) in [6, 6.07) is 13.1. The summed E-state index contributed by atoms with van der Waals surface area (Å²) in [5, 5.41) is 6.28. The molecule has 0 aliphatic rings. The number of aryl methyl sites for hydroxylation is 1. The van der Waals surface area contributed by atoms with Gasteiger partial charge in [-0.25, -0.2) is 13.4 Å². The van der Waals surface area contributed by atoms with E-state index < -0.39 is 10.0 Å². The van der Waals surface area contributed by atoms with Crippen LogP contribution in [0.2, 0.25) is 0 Å². The summed E-state index contributed by atoms with van der Waals surface area (Å²) in [7, 11) is -0.859. The second-order valence-electron chi connectivity index (χ2n) is 6.57. The first kappa shape index (κ1) is 22.2. The molecule has 0 amide bonds. The van der Waals surface area contributed by atoms with Crippen LogP contribution in [0.5, 0.6) is 11.5 Å². The van der Waals surface area contributed by atoms with Crippen molar-refractivity contribution in [1.29, 1.82) is 0 Å². The molecule has 1 heterocycles. The molecule has 164 valence electrons. The van der Waals surface area contributed by atoms with E-state index in [9.17, 15) is 8.42 Å². The van der Waals surface area contributed by atoms with Gasteiger partial charge in [-0.3, -0.25) is 4.72 Å². The topological polar surface area (TPSA) is 114 Å². The summed E-state index contributed by atoms with van der Waals surface area (Å²) < 4.78 is 38.4. The number of anilines is 4. The van der Waals surface area contributed by atoms with Gasteiger partial charge < -0.3 is 20.1 Å². The van der Waals surface area contributed by atoms with E-state index in [2.05, 4.69) is 25.3 Å². The van der Waals surface area contributed by atoms with Crippen LogP contribution in [-0.4, -0.2) is 39.2 Å². The van der Waals surface area contributed by atoms with Gasteiger partial charge in [-0.05, 0) is 50.2 Å². The van der Waals surface area contributed by atoms with Crippen molar-refractivity contribution in [3.8, 4) is 11.5 Å². The highest BCUT2D eigenvalue weighted by Crippen LogP contribution is 2.30. The van der Waals surface area contributed by atoms with E-state index in [1.807, 2.05) is 19.9 Å². The minimum Gasteiger partial charge on any atom is -0.493 e. The number of methoxy groups -OCH3 is 2. The van der Waals surface area contributed by atoms with E-state index in [-0.39, 0.29) is 4.90 Å². The van der Waals surface area contributed by atoms with Gasteiger partial charge in [-0.2, -0.15) is 4.98 Å². The molecule has 0 saturated heterocycles. The predicted molar refractivity (Wildman–Crippen MR) is 121 cm³/mol. The van der Waals surface area contributed by atoms with Crippen molar-refractivity contribution >= 4 is 33.2 Å². The van der Waals surface area contributed by atoms with Gasteiger partial charge in [0.05, 0.1) is 19.1 Å². The summed E-state index contributed by atoms with van der Waals surface area (Å²) in [6.07, 6.45) is 0. The maximum atomic E-state index is 12.7. The Hall–Kier alpha value is -3.53. The van der Waals surface area contributed by atoms with Crippen molar-refractivity contribution in [2.75, 3.05) is 36.1 Å². The molecule has 0 atom stereocenters. The number of hydrogen-bond donors (Lipinski definition) is 3. The zero-order valence-electron chi connectivity index (χ0n) is 17.8. The highest BCUT2D eigenvalue weighted by atomic mass is 32.2. The van der Waals surface area contributed by atoms with E-state index in [4.69, 9.17) is 9.47 Å². The van der Waals surface area contributed by atoms with Crippen LogP contribution in [0.3, 0.4) is 0 Å². The third-order valence-corrected chi connectivity index (χ3v) is 5.65. The number of ether oxygens (including phenoxy) is 2. The number of rotatable bonds is 9. The van der Waals surface area contributed by atoms with Gasteiger partial charge in [-0.1, -0.05) is 0 Å². The summed E-state index contributed by atoms with van der Waals surface area (Å²) in [4.78, 5) is 8.84. The first-order chi connectivity index (χ1) is 14.8. The number of benzene rings is 2. The molecule has 9 nitrogen and oxygen atoms in total. The average molecular weight is 444 g/mol. The molecule has 0 unspecified atom stereocenters. The zero-order valence-corrected chi connectivity index (χ0v) is 18.6. The monoisotopic (exact) mass is 443 g/mol. The number of aromatic nitrogens is 2. The van der Waals surface area contributed by atoms with Crippen molar-refractivity contribution in [1.82, 2.24) is 9.97 Å². The number of hydrogen-bond acceptors (Lipinski definition) is 8. The van der Waals surface area contributed by atoms with Crippen LogP contribution in [0.15, 0.2) is 53.4 Å². The van der Waals surface area contributed by atoms with Crippen LogP contribution < -0.4 is 24.8 Å². The average Bonchev–Trinajstić information content (AvgIpc) is 2.74. The highest BCUT2D eigenvalue weighted by Gasteiger charge is 2.17. The van der Waals surface area contributed by atoms with Gasteiger partial charge in [0.25, 0.3) is 10.0 Å². The normalized spacial score (nSPS) is 11.0. The molecule has 0 bridgehead atoms. The van der Waals surface area contributed by atoms with Crippen LogP contribution in [0.1, 0.15) is 12.6 Å². The lowest BCUT2D eigenvalue weighted by molar-refractivity contribution is 0.354. The first-order valence-corrected chi connectivity index (χ1v) is 11.0. The van der Waals surface area contributed by atoms with E-state index in [1.54, 1.807) is 30.3 Å². The lowest BCUT2D eigenvalue weighted by Crippen LogP contribution is -2.13. The molecule has 2 aromatic carbocycles. The van der Waals surface area contributed by atoms with E-state index in [0.29, 0.717) is 23.1 Å². The lowest BCUT2D eigenvalue weighted by atomic mass is 10.3. The molecule has 0 fully saturated rings. The largest absolute Gasteiger partial charge is 0.493 e. The van der Waals surface area contributed by atoms with Crippen molar-refractivity contribution < 1.29 is 17.9 Å². The van der Waals surface area contributed by atoms with E-state index in [0.717, 1.165) is 23.7 Å². The van der Waals surface area contributed by atoms with E-state index >= 15 is 0 Å². The molecule has 0 aliphatic heterocycles. The third-order valence-electron chi connectivity index (χ3n) is 4.27. The molecule has 31 heavy (non-hydrogen) atoms. The van der Waals surface area contributed by atoms with Gasteiger partial charge in [-0.15, -0.1) is 0 Å². The fraction of sp³-hybridized carbons (Fsp3) is 0.238. The van der Waals surface area contributed by atoms with Crippen molar-refractivity contribution in [2.24, 2.45) is 0 Å². The van der Waals surface area contributed by atoms with Gasteiger partial charge >= 0.3 is 0 Å². The summed E-state index contributed by atoms with van der Waals surface area (Å²) >= 11 is 0. The van der Waals surface area contributed by atoms with Crippen LogP contribution in [0, 0.1) is 6.92 Å². The molecule has 0 aliphatic carbocycles. The Balaban J connectivity index is 1.74. The summed E-state index contributed by atoms with van der Waals surface area (Å²) in [5.41, 5.74) is 1.97. The molecule has 10 heteroatoms. The lowest BCUT2D eigenvalue weighted by Gasteiger charge is -2.12. The molecule has 3 N–H and O–H groups in total. The fourth-order valence-corrected chi connectivity index (χ4v) is 3.92. The minimum atomic E-state index is -3.80. The first-order valence-electron chi connectivity index (χ1n) is 9.56. The Morgan fingerprint density at radius 1 is 0.903 bits per heavy atom. The second kappa shape index (κ2) is 9.52. The maximum absolute atomic E-state index is 12.7. The quantitative estimate of drug-likeness (QED) is 0.458. The Kier molecular flexibility index (Phi) is 6.81. The fourth-order valence-electron chi connectivity index (χ4n) is 2.84. The van der Waals surface area contributed by atoms with Crippen LogP contribution in [-0.2, 0) is 10.0 Å². The third kappa shape index (κ3) is 5.54. The van der Waals surface area contributed by atoms with Gasteiger partial charge in [0.2, 0.25) is 5.95 Å².